The van der Waals surface area contributed by atoms with Crippen LogP contribution in [-0.4, -0.2) is 12.8 Å². The second-order valence-corrected chi connectivity index (χ2v) is 5.51. The lowest BCUT2D eigenvalue weighted by atomic mass is 9.85. The Hall–Kier alpha value is -1.63. The van der Waals surface area contributed by atoms with Gasteiger partial charge in [0.05, 0.1) is 0 Å². The van der Waals surface area contributed by atoms with Gasteiger partial charge in [0.1, 0.15) is 0 Å². The van der Waals surface area contributed by atoms with E-state index in [4.69, 9.17) is 0 Å². The molecule has 0 saturated carbocycles. The Labute approximate surface area is 124 Å². The van der Waals surface area contributed by atoms with E-state index in [1.54, 1.807) is 0 Å². The molecule has 0 bridgehead atoms. The Morgan fingerprint density at radius 3 is 2.55 bits per heavy atom. The molecule has 1 rings (SSSR count). The maximum absolute atomic E-state index is 4.42. The standard InChI is InChI=1S/C19H27N/c1-7-17-12-16(11-9-10-15(5)14(3)4)13-19(20-6)18(17)8-2/h8-11,14H,2,5,7,12-13H2,1,3-4,6H3/b10-9-,16-11-,20-19?. The Bertz CT molecular complexity index is 496. The molecule has 20 heavy (non-hydrogen) atoms. The van der Waals surface area contributed by atoms with Crippen LogP contribution in [0, 0.1) is 5.92 Å². The highest BCUT2D eigenvalue weighted by Gasteiger charge is 2.17. The van der Waals surface area contributed by atoms with Crippen molar-refractivity contribution in [2.24, 2.45) is 10.9 Å². The van der Waals surface area contributed by atoms with Crippen LogP contribution < -0.4 is 0 Å². The molecule has 0 unspecified atom stereocenters. The maximum atomic E-state index is 4.42. The Morgan fingerprint density at radius 1 is 1.35 bits per heavy atom. The molecule has 1 heteroatoms. The molecule has 0 aromatic rings. The van der Waals surface area contributed by atoms with E-state index in [2.05, 4.69) is 57.1 Å². The number of nitrogens with zero attached hydrogens (tertiary/aromatic N) is 1. The highest BCUT2D eigenvalue weighted by Crippen LogP contribution is 2.30. The van der Waals surface area contributed by atoms with Crippen LogP contribution in [0.1, 0.15) is 40.0 Å². The van der Waals surface area contributed by atoms with Crippen LogP contribution in [0.3, 0.4) is 0 Å². The molecule has 0 atom stereocenters. The van der Waals surface area contributed by atoms with Crippen molar-refractivity contribution in [2.45, 2.75) is 40.0 Å². The summed E-state index contributed by atoms with van der Waals surface area (Å²) >= 11 is 0. The third kappa shape index (κ3) is 4.19. The smallest absolute Gasteiger partial charge is 0.0457 e. The van der Waals surface area contributed by atoms with Crippen LogP contribution in [0.25, 0.3) is 0 Å². The minimum atomic E-state index is 0.502. The average Bonchev–Trinajstić information content (AvgIpc) is 2.45. The third-order valence-electron chi connectivity index (χ3n) is 3.81. The molecule has 1 aliphatic rings. The van der Waals surface area contributed by atoms with E-state index in [1.165, 1.54) is 22.3 Å². The van der Waals surface area contributed by atoms with Gasteiger partial charge in [0, 0.05) is 19.2 Å². The van der Waals surface area contributed by atoms with Crippen molar-refractivity contribution < 1.29 is 0 Å². The van der Waals surface area contributed by atoms with E-state index in [1.807, 2.05) is 13.1 Å². The summed E-state index contributed by atoms with van der Waals surface area (Å²) in [6, 6.07) is 0. The van der Waals surface area contributed by atoms with Gasteiger partial charge in [0.2, 0.25) is 0 Å². The molecular weight excluding hydrogens is 242 g/mol. The molecule has 108 valence electrons. The van der Waals surface area contributed by atoms with Crippen molar-refractivity contribution in [2.75, 3.05) is 7.05 Å². The number of hydrogen-bond acceptors (Lipinski definition) is 1. The third-order valence-corrected chi connectivity index (χ3v) is 3.81. The van der Waals surface area contributed by atoms with Gasteiger partial charge in [0.25, 0.3) is 0 Å². The van der Waals surface area contributed by atoms with Crippen LogP contribution in [0.2, 0.25) is 0 Å². The summed E-state index contributed by atoms with van der Waals surface area (Å²) in [6.07, 6.45) is 11.4. The molecule has 0 heterocycles. The van der Waals surface area contributed by atoms with Gasteiger partial charge >= 0.3 is 0 Å². The van der Waals surface area contributed by atoms with Gasteiger partial charge in [0.15, 0.2) is 0 Å². The zero-order valence-electron chi connectivity index (χ0n) is 13.4. The molecule has 0 aliphatic heterocycles. The lowest BCUT2D eigenvalue weighted by Crippen LogP contribution is -2.12. The number of allylic oxidation sites excluding steroid dienone is 8. The summed E-state index contributed by atoms with van der Waals surface area (Å²) in [6.45, 7) is 14.5. The van der Waals surface area contributed by atoms with Crippen molar-refractivity contribution in [1.82, 2.24) is 0 Å². The van der Waals surface area contributed by atoms with Gasteiger partial charge in [-0.05, 0) is 24.3 Å². The number of aliphatic imine (C=N–C) groups is 1. The summed E-state index contributed by atoms with van der Waals surface area (Å²) in [5.41, 5.74) is 6.43. The van der Waals surface area contributed by atoms with Crippen molar-refractivity contribution in [3.05, 3.63) is 59.8 Å². The van der Waals surface area contributed by atoms with Gasteiger partial charge in [-0.15, -0.1) is 0 Å². The monoisotopic (exact) mass is 269 g/mol. The minimum absolute atomic E-state index is 0.502. The average molecular weight is 269 g/mol. The van der Waals surface area contributed by atoms with E-state index >= 15 is 0 Å². The lowest BCUT2D eigenvalue weighted by molar-refractivity contribution is 0.795. The molecular formula is C19H27N. The quantitative estimate of drug-likeness (QED) is 0.589. The SMILES string of the molecule is C=CC1=C(CC)C/C(=C/C=C\C(=C)C(C)C)CC1=NC. The summed E-state index contributed by atoms with van der Waals surface area (Å²) in [5, 5.41) is 0. The Balaban J connectivity index is 2.94. The van der Waals surface area contributed by atoms with Gasteiger partial charge in [-0.3, -0.25) is 4.99 Å². The second-order valence-electron chi connectivity index (χ2n) is 5.51. The number of rotatable bonds is 5. The predicted molar refractivity (Wildman–Crippen MR) is 91.3 cm³/mol. The molecule has 0 aromatic heterocycles. The normalized spacial score (nSPS) is 20.4. The van der Waals surface area contributed by atoms with Gasteiger partial charge < -0.3 is 0 Å². The fraction of sp³-hybridized carbons (Fsp3) is 0.421. The molecule has 0 amide bonds. The largest absolute Gasteiger partial charge is 0.292 e. The summed E-state index contributed by atoms with van der Waals surface area (Å²) in [4.78, 5) is 4.42. The summed E-state index contributed by atoms with van der Waals surface area (Å²) < 4.78 is 0. The summed E-state index contributed by atoms with van der Waals surface area (Å²) in [5.74, 6) is 0.502. The topological polar surface area (TPSA) is 12.4 Å². The zero-order valence-corrected chi connectivity index (χ0v) is 13.4. The first-order valence-corrected chi connectivity index (χ1v) is 7.38. The van der Waals surface area contributed by atoms with Crippen molar-refractivity contribution in [3.8, 4) is 0 Å². The summed E-state index contributed by atoms with van der Waals surface area (Å²) in [7, 11) is 1.87. The van der Waals surface area contributed by atoms with Crippen LogP contribution in [0.15, 0.2) is 64.7 Å². The van der Waals surface area contributed by atoms with Gasteiger partial charge in [-0.25, -0.2) is 0 Å². The lowest BCUT2D eigenvalue weighted by Gasteiger charge is -2.21. The number of hydrogen-bond donors (Lipinski definition) is 0. The van der Waals surface area contributed by atoms with Gasteiger partial charge in [-0.2, -0.15) is 0 Å². The van der Waals surface area contributed by atoms with Crippen molar-refractivity contribution in [3.63, 3.8) is 0 Å². The highest BCUT2D eigenvalue weighted by atomic mass is 14.7. The highest BCUT2D eigenvalue weighted by molar-refractivity contribution is 6.05. The van der Waals surface area contributed by atoms with E-state index in [9.17, 15) is 0 Å². The van der Waals surface area contributed by atoms with Crippen LogP contribution in [0.4, 0.5) is 0 Å². The minimum Gasteiger partial charge on any atom is -0.292 e. The molecule has 0 fully saturated rings. The van der Waals surface area contributed by atoms with E-state index in [0.717, 1.165) is 25.0 Å². The van der Waals surface area contributed by atoms with E-state index in [-0.39, 0.29) is 0 Å². The predicted octanol–water partition coefficient (Wildman–Crippen LogP) is 5.44. The Morgan fingerprint density at radius 2 is 2.05 bits per heavy atom. The molecule has 0 saturated heterocycles. The molecule has 0 radical (unpaired) electrons. The fourth-order valence-corrected chi connectivity index (χ4v) is 2.34. The molecule has 0 N–H and O–H groups in total. The van der Waals surface area contributed by atoms with Crippen molar-refractivity contribution >= 4 is 5.71 Å². The molecule has 0 aromatic carbocycles. The molecule has 1 aliphatic carbocycles. The van der Waals surface area contributed by atoms with E-state index < -0.39 is 0 Å². The zero-order chi connectivity index (χ0) is 15.1. The molecule has 1 nitrogen and oxygen atoms in total. The second kappa shape index (κ2) is 7.84. The van der Waals surface area contributed by atoms with Crippen LogP contribution in [0.5, 0.6) is 0 Å². The van der Waals surface area contributed by atoms with Crippen LogP contribution >= 0.6 is 0 Å². The first kappa shape index (κ1) is 16.4. The first-order chi connectivity index (χ1) is 9.53. The first-order valence-electron chi connectivity index (χ1n) is 7.38. The Kier molecular flexibility index (Phi) is 6.44. The van der Waals surface area contributed by atoms with Crippen LogP contribution in [-0.2, 0) is 0 Å². The fourth-order valence-electron chi connectivity index (χ4n) is 2.34. The van der Waals surface area contributed by atoms with Crippen molar-refractivity contribution in [1.29, 1.82) is 0 Å². The van der Waals surface area contributed by atoms with E-state index in [0.29, 0.717) is 5.92 Å². The molecule has 0 spiro atoms. The maximum Gasteiger partial charge on any atom is 0.0457 e. The van der Waals surface area contributed by atoms with Gasteiger partial charge in [-0.1, -0.05) is 75.0 Å².